The standard InChI is InChI=1S/C15H17FN2S/c16-12-5-8-14(18)15(10-12)19-9-1-2-11-3-6-13(17)7-4-11/h3-8,10H,1-2,9,17-18H2. The van der Waals surface area contributed by atoms with E-state index in [1.165, 1.54) is 17.7 Å². The molecule has 0 spiro atoms. The fraction of sp³-hybridized carbons (Fsp3) is 0.200. The number of hydrogen-bond donors (Lipinski definition) is 2. The molecular formula is C15H17FN2S. The number of rotatable bonds is 5. The van der Waals surface area contributed by atoms with Gasteiger partial charge in [0.1, 0.15) is 5.82 Å². The molecule has 0 heterocycles. The Morgan fingerprint density at radius 2 is 1.74 bits per heavy atom. The van der Waals surface area contributed by atoms with Crippen LogP contribution >= 0.6 is 11.8 Å². The number of nitrogens with two attached hydrogens (primary N) is 2. The third-order valence-corrected chi connectivity index (χ3v) is 3.98. The number of benzene rings is 2. The van der Waals surface area contributed by atoms with E-state index in [4.69, 9.17) is 11.5 Å². The molecule has 0 aliphatic rings. The number of hydrogen-bond acceptors (Lipinski definition) is 3. The van der Waals surface area contributed by atoms with Crippen LogP contribution in [0.4, 0.5) is 15.8 Å². The van der Waals surface area contributed by atoms with E-state index in [2.05, 4.69) is 0 Å². The summed E-state index contributed by atoms with van der Waals surface area (Å²) in [5.41, 5.74) is 14.1. The van der Waals surface area contributed by atoms with Crippen molar-refractivity contribution in [2.45, 2.75) is 17.7 Å². The number of halogens is 1. The Labute approximate surface area is 117 Å². The number of thioether (sulfide) groups is 1. The van der Waals surface area contributed by atoms with Gasteiger partial charge in [-0.15, -0.1) is 11.8 Å². The van der Waals surface area contributed by atoms with E-state index in [9.17, 15) is 4.39 Å². The molecule has 0 unspecified atom stereocenters. The Morgan fingerprint density at radius 1 is 1.00 bits per heavy atom. The molecule has 2 aromatic rings. The van der Waals surface area contributed by atoms with E-state index >= 15 is 0 Å². The molecule has 0 bridgehead atoms. The normalized spacial score (nSPS) is 10.6. The van der Waals surface area contributed by atoms with Crippen LogP contribution in [0.15, 0.2) is 47.4 Å². The molecule has 2 rings (SSSR count). The van der Waals surface area contributed by atoms with Crippen molar-refractivity contribution in [2.75, 3.05) is 17.2 Å². The highest BCUT2D eigenvalue weighted by Gasteiger charge is 2.02. The Balaban J connectivity index is 1.80. The van der Waals surface area contributed by atoms with Crippen LogP contribution in [0.2, 0.25) is 0 Å². The lowest BCUT2D eigenvalue weighted by Crippen LogP contribution is -1.92. The van der Waals surface area contributed by atoms with E-state index in [-0.39, 0.29) is 5.82 Å². The van der Waals surface area contributed by atoms with E-state index in [1.807, 2.05) is 24.3 Å². The third kappa shape index (κ3) is 4.17. The van der Waals surface area contributed by atoms with Crippen LogP contribution in [0.5, 0.6) is 0 Å². The van der Waals surface area contributed by atoms with Gasteiger partial charge in [0.15, 0.2) is 0 Å². The predicted molar refractivity (Wildman–Crippen MR) is 80.7 cm³/mol. The van der Waals surface area contributed by atoms with Gasteiger partial charge in [0, 0.05) is 16.3 Å². The minimum Gasteiger partial charge on any atom is -0.399 e. The zero-order chi connectivity index (χ0) is 13.7. The Morgan fingerprint density at radius 3 is 2.47 bits per heavy atom. The molecule has 100 valence electrons. The van der Waals surface area contributed by atoms with Gasteiger partial charge in [-0.25, -0.2) is 4.39 Å². The maximum Gasteiger partial charge on any atom is 0.124 e. The van der Waals surface area contributed by atoms with Crippen LogP contribution in [0, 0.1) is 5.82 Å². The summed E-state index contributed by atoms with van der Waals surface area (Å²) < 4.78 is 13.1. The lowest BCUT2D eigenvalue weighted by molar-refractivity contribution is 0.624. The molecule has 0 saturated heterocycles. The minimum absolute atomic E-state index is 0.241. The van der Waals surface area contributed by atoms with Gasteiger partial charge in [-0.3, -0.25) is 0 Å². The first-order valence-electron chi connectivity index (χ1n) is 6.17. The van der Waals surface area contributed by atoms with E-state index < -0.39 is 0 Å². The van der Waals surface area contributed by atoms with Crippen LogP contribution in [0.1, 0.15) is 12.0 Å². The first-order chi connectivity index (χ1) is 9.15. The monoisotopic (exact) mass is 276 g/mol. The second-order valence-electron chi connectivity index (χ2n) is 4.38. The third-order valence-electron chi connectivity index (χ3n) is 2.82. The van der Waals surface area contributed by atoms with Crippen LogP contribution in [-0.2, 0) is 6.42 Å². The molecule has 4 heteroatoms. The molecule has 4 N–H and O–H groups in total. The van der Waals surface area contributed by atoms with Crippen molar-refractivity contribution in [3.63, 3.8) is 0 Å². The first-order valence-corrected chi connectivity index (χ1v) is 7.16. The van der Waals surface area contributed by atoms with Crippen molar-refractivity contribution in [1.29, 1.82) is 0 Å². The highest BCUT2D eigenvalue weighted by Crippen LogP contribution is 2.26. The second-order valence-corrected chi connectivity index (χ2v) is 5.51. The van der Waals surface area contributed by atoms with Gasteiger partial charge < -0.3 is 11.5 Å². The summed E-state index contributed by atoms with van der Waals surface area (Å²) in [7, 11) is 0. The molecule has 2 aromatic carbocycles. The Bertz CT molecular complexity index is 540. The molecule has 0 radical (unpaired) electrons. The highest BCUT2D eigenvalue weighted by molar-refractivity contribution is 7.99. The summed E-state index contributed by atoms with van der Waals surface area (Å²) in [6.45, 7) is 0. The Hall–Kier alpha value is -1.68. The maximum absolute atomic E-state index is 13.1. The zero-order valence-corrected chi connectivity index (χ0v) is 11.4. The molecule has 0 fully saturated rings. The van der Waals surface area contributed by atoms with E-state index in [0.29, 0.717) is 5.69 Å². The smallest absolute Gasteiger partial charge is 0.124 e. The molecular weight excluding hydrogens is 259 g/mol. The summed E-state index contributed by atoms with van der Waals surface area (Å²) in [5.74, 6) is 0.674. The predicted octanol–water partition coefficient (Wildman–Crippen LogP) is 3.72. The SMILES string of the molecule is Nc1ccc(CCCSc2cc(F)ccc2N)cc1. The van der Waals surface area contributed by atoms with Gasteiger partial charge in [0.05, 0.1) is 0 Å². The van der Waals surface area contributed by atoms with Crippen molar-refractivity contribution < 1.29 is 4.39 Å². The average molecular weight is 276 g/mol. The van der Waals surface area contributed by atoms with Crippen LogP contribution in [0.3, 0.4) is 0 Å². The van der Waals surface area contributed by atoms with Crippen molar-refractivity contribution in [3.8, 4) is 0 Å². The molecule has 0 saturated carbocycles. The van der Waals surface area contributed by atoms with Crippen LogP contribution in [0.25, 0.3) is 0 Å². The quantitative estimate of drug-likeness (QED) is 0.497. The fourth-order valence-electron chi connectivity index (χ4n) is 1.78. The van der Waals surface area contributed by atoms with Crippen molar-refractivity contribution >= 4 is 23.1 Å². The van der Waals surface area contributed by atoms with Gasteiger partial charge in [0.25, 0.3) is 0 Å². The van der Waals surface area contributed by atoms with Crippen molar-refractivity contribution in [2.24, 2.45) is 0 Å². The van der Waals surface area contributed by atoms with E-state index in [1.54, 1.807) is 17.8 Å². The van der Waals surface area contributed by atoms with Gasteiger partial charge in [-0.2, -0.15) is 0 Å². The van der Waals surface area contributed by atoms with Crippen molar-refractivity contribution in [3.05, 3.63) is 53.8 Å². The summed E-state index contributed by atoms with van der Waals surface area (Å²) >= 11 is 1.59. The number of aryl methyl sites for hydroxylation is 1. The lowest BCUT2D eigenvalue weighted by Gasteiger charge is -2.06. The fourth-order valence-corrected chi connectivity index (χ4v) is 2.72. The van der Waals surface area contributed by atoms with Gasteiger partial charge in [-0.05, 0) is 54.5 Å². The molecule has 0 aliphatic carbocycles. The molecule has 0 amide bonds. The zero-order valence-electron chi connectivity index (χ0n) is 10.6. The minimum atomic E-state index is -0.241. The van der Waals surface area contributed by atoms with Crippen molar-refractivity contribution in [1.82, 2.24) is 0 Å². The van der Waals surface area contributed by atoms with Gasteiger partial charge in [-0.1, -0.05) is 12.1 Å². The molecule has 19 heavy (non-hydrogen) atoms. The lowest BCUT2D eigenvalue weighted by atomic mass is 10.1. The van der Waals surface area contributed by atoms with Gasteiger partial charge in [0.2, 0.25) is 0 Å². The molecule has 0 aromatic heterocycles. The van der Waals surface area contributed by atoms with Crippen LogP contribution in [-0.4, -0.2) is 5.75 Å². The highest BCUT2D eigenvalue weighted by atomic mass is 32.2. The number of anilines is 2. The summed E-state index contributed by atoms with van der Waals surface area (Å²) in [6.07, 6.45) is 2.01. The van der Waals surface area contributed by atoms with E-state index in [0.717, 1.165) is 29.2 Å². The first kappa shape index (κ1) is 13.7. The largest absolute Gasteiger partial charge is 0.399 e. The second kappa shape index (κ2) is 6.48. The molecule has 0 aliphatic heterocycles. The maximum atomic E-state index is 13.1. The molecule has 0 atom stereocenters. The Kier molecular flexibility index (Phi) is 4.68. The summed E-state index contributed by atoms with van der Waals surface area (Å²) in [6, 6.07) is 12.4. The van der Waals surface area contributed by atoms with Gasteiger partial charge >= 0.3 is 0 Å². The number of nitrogen functional groups attached to an aromatic ring is 2. The molecule has 2 nitrogen and oxygen atoms in total. The average Bonchev–Trinajstić information content (AvgIpc) is 2.40. The summed E-state index contributed by atoms with van der Waals surface area (Å²) in [4.78, 5) is 0.817. The summed E-state index contributed by atoms with van der Waals surface area (Å²) in [5, 5.41) is 0. The van der Waals surface area contributed by atoms with Crippen LogP contribution < -0.4 is 11.5 Å². The topological polar surface area (TPSA) is 52.0 Å².